The summed E-state index contributed by atoms with van der Waals surface area (Å²) in [6, 6.07) is 12.9. The monoisotopic (exact) mass is 439 g/mol. The fourth-order valence-corrected chi connectivity index (χ4v) is 4.58. The number of benzene rings is 1. The molecule has 0 saturated carbocycles. The van der Waals surface area contributed by atoms with Crippen LogP contribution in [0.25, 0.3) is 0 Å². The lowest BCUT2D eigenvalue weighted by atomic mass is 10.1. The highest BCUT2D eigenvalue weighted by Gasteiger charge is 2.24. The second-order valence-electron chi connectivity index (χ2n) is 8.43. The van der Waals surface area contributed by atoms with Crippen molar-refractivity contribution in [2.75, 3.05) is 57.4 Å². The van der Waals surface area contributed by atoms with Crippen molar-refractivity contribution in [1.82, 2.24) is 15.5 Å². The summed E-state index contributed by atoms with van der Waals surface area (Å²) < 4.78 is 11.3. The van der Waals surface area contributed by atoms with E-state index in [2.05, 4.69) is 57.7 Å². The number of nitrogens with zero attached hydrogens (tertiary/aromatic N) is 3. The van der Waals surface area contributed by atoms with Crippen LogP contribution in [0, 0.1) is 0 Å². The molecular weight excluding hydrogens is 402 g/mol. The van der Waals surface area contributed by atoms with Crippen LogP contribution >= 0.6 is 0 Å². The topological polar surface area (TPSA) is 65.3 Å². The molecule has 0 aliphatic carbocycles. The minimum atomic E-state index is 0.217. The number of ether oxygens (including phenoxy) is 1. The van der Waals surface area contributed by atoms with Crippen LogP contribution in [0.15, 0.2) is 52.1 Å². The van der Waals surface area contributed by atoms with Gasteiger partial charge in [0.05, 0.1) is 32.1 Å². The van der Waals surface area contributed by atoms with Crippen molar-refractivity contribution in [1.29, 1.82) is 0 Å². The van der Waals surface area contributed by atoms with E-state index in [0.717, 1.165) is 64.2 Å². The van der Waals surface area contributed by atoms with Crippen LogP contribution in [0.2, 0.25) is 0 Å². The lowest BCUT2D eigenvalue weighted by Crippen LogP contribution is -2.44. The predicted molar refractivity (Wildman–Crippen MR) is 129 cm³/mol. The Kier molecular flexibility index (Phi) is 8.45. The molecule has 0 spiro atoms. The van der Waals surface area contributed by atoms with Gasteiger partial charge < -0.3 is 24.7 Å². The molecule has 0 bridgehead atoms. The summed E-state index contributed by atoms with van der Waals surface area (Å²) in [6.07, 6.45) is 5.60. The van der Waals surface area contributed by atoms with Crippen LogP contribution < -0.4 is 15.5 Å². The lowest BCUT2D eigenvalue weighted by Gasteiger charge is -2.33. The number of morpholine rings is 1. The standard InChI is InChI=1S/C25H37N5O2/c1-2-26-25(27-19-21-9-4-5-10-22(21)30-14-17-31-18-15-30)28-20-23(24-11-8-16-32-24)29-12-6-3-7-13-29/h4-5,8-11,16,23H,2-3,6-7,12-15,17-20H2,1H3,(H2,26,27,28). The van der Waals surface area contributed by atoms with E-state index in [1.165, 1.54) is 30.5 Å². The minimum Gasteiger partial charge on any atom is -0.468 e. The van der Waals surface area contributed by atoms with Gasteiger partial charge in [0.1, 0.15) is 5.76 Å². The van der Waals surface area contributed by atoms with Gasteiger partial charge in [0.2, 0.25) is 0 Å². The van der Waals surface area contributed by atoms with E-state index in [1.807, 2.05) is 6.07 Å². The summed E-state index contributed by atoms with van der Waals surface area (Å²) in [5.41, 5.74) is 2.50. The summed E-state index contributed by atoms with van der Waals surface area (Å²) in [6.45, 7) is 10.0. The van der Waals surface area contributed by atoms with Gasteiger partial charge in [0, 0.05) is 31.9 Å². The molecule has 2 N–H and O–H groups in total. The first-order chi connectivity index (χ1) is 15.8. The third kappa shape index (κ3) is 6.04. The van der Waals surface area contributed by atoms with E-state index in [-0.39, 0.29) is 6.04 Å². The molecule has 2 saturated heterocycles. The molecule has 0 radical (unpaired) electrons. The molecule has 1 aromatic heterocycles. The van der Waals surface area contributed by atoms with Crippen molar-refractivity contribution >= 4 is 11.6 Å². The quantitative estimate of drug-likeness (QED) is 0.486. The number of hydrogen-bond donors (Lipinski definition) is 2. The van der Waals surface area contributed by atoms with Crippen LogP contribution in [0.1, 0.15) is 43.6 Å². The number of rotatable bonds is 8. The minimum absolute atomic E-state index is 0.217. The lowest BCUT2D eigenvalue weighted by molar-refractivity contribution is 0.122. The SMILES string of the molecule is CCNC(=NCc1ccccc1N1CCOCC1)NCC(c1ccco1)N1CCCCC1. The van der Waals surface area contributed by atoms with Gasteiger partial charge in [-0.15, -0.1) is 0 Å². The predicted octanol–water partition coefficient (Wildman–Crippen LogP) is 3.40. The Balaban J connectivity index is 1.44. The van der Waals surface area contributed by atoms with E-state index in [0.29, 0.717) is 6.54 Å². The molecule has 7 heteroatoms. The molecule has 2 aliphatic heterocycles. The third-order valence-electron chi connectivity index (χ3n) is 6.26. The number of nitrogens with one attached hydrogen (secondary N) is 2. The molecule has 1 unspecified atom stereocenters. The van der Waals surface area contributed by atoms with Gasteiger partial charge in [-0.1, -0.05) is 24.6 Å². The highest BCUT2D eigenvalue weighted by molar-refractivity contribution is 5.80. The average molecular weight is 440 g/mol. The highest BCUT2D eigenvalue weighted by Crippen LogP contribution is 2.25. The zero-order chi connectivity index (χ0) is 22.0. The fourth-order valence-electron chi connectivity index (χ4n) is 4.58. The maximum atomic E-state index is 5.80. The first-order valence-electron chi connectivity index (χ1n) is 12.1. The number of piperidine rings is 1. The molecule has 1 atom stereocenters. The molecule has 1 aromatic carbocycles. The van der Waals surface area contributed by atoms with Crippen LogP contribution in [-0.2, 0) is 11.3 Å². The van der Waals surface area contributed by atoms with Crippen molar-refractivity contribution in [3.63, 3.8) is 0 Å². The number of guanidine groups is 1. The van der Waals surface area contributed by atoms with E-state index >= 15 is 0 Å². The van der Waals surface area contributed by atoms with Crippen molar-refractivity contribution in [2.24, 2.45) is 4.99 Å². The summed E-state index contributed by atoms with van der Waals surface area (Å²) in [4.78, 5) is 9.86. The van der Waals surface area contributed by atoms with E-state index < -0.39 is 0 Å². The molecule has 0 amide bonds. The zero-order valence-corrected chi connectivity index (χ0v) is 19.3. The summed E-state index contributed by atoms with van der Waals surface area (Å²) in [5, 5.41) is 6.99. The summed E-state index contributed by atoms with van der Waals surface area (Å²) >= 11 is 0. The Morgan fingerprint density at radius 3 is 2.56 bits per heavy atom. The van der Waals surface area contributed by atoms with Crippen molar-refractivity contribution < 1.29 is 9.15 Å². The van der Waals surface area contributed by atoms with Gasteiger partial charge in [-0.2, -0.15) is 0 Å². The molecule has 174 valence electrons. The maximum absolute atomic E-state index is 5.80. The number of likely N-dealkylation sites (tertiary alicyclic amines) is 1. The van der Waals surface area contributed by atoms with Gasteiger partial charge in [0.15, 0.2) is 5.96 Å². The Labute approximate surface area is 191 Å². The van der Waals surface area contributed by atoms with E-state index in [4.69, 9.17) is 14.1 Å². The Morgan fingerprint density at radius 1 is 1.00 bits per heavy atom. The molecule has 7 nitrogen and oxygen atoms in total. The average Bonchev–Trinajstić information content (AvgIpc) is 3.39. The van der Waals surface area contributed by atoms with Crippen molar-refractivity contribution in [2.45, 2.75) is 38.8 Å². The van der Waals surface area contributed by atoms with Gasteiger partial charge in [-0.25, -0.2) is 4.99 Å². The largest absolute Gasteiger partial charge is 0.468 e. The Bertz CT molecular complexity index is 827. The molecule has 32 heavy (non-hydrogen) atoms. The van der Waals surface area contributed by atoms with Crippen LogP contribution in [0.5, 0.6) is 0 Å². The van der Waals surface area contributed by atoms with Gasteiger partial charge in [-0.3, -0.25) is 4.90 Å². The zero-order valence-electron chi connectivity index (χ0n) is 19.3. The summed E-state index contributed by atoms with van der Waals surface area (Å²) in [7, 11) is 0. The molecule has 2 aliphatic rings. The second-order valence-corrected chi connectivity index (χ2v) is 8.43. The molecule has 2 aromatic rings. The van der Waals surface area contributed by atoms with Crippen LogP contribution in [-0.4, -0.2) is 63.3 Å². The normalized spacial score (nSPS) is 19.0. The van der Waals surface area contributed by atoms with Gasteiger partial charge in [-0.05, 0) is 56.6 Å². The molecule has 4 rings (SSSR count). The molecular formula is C25H37N5O2. The van der Waals surface area contributed by atoms with Crippen LogP contribution in [0.3, 0.4) is 0 Å². The second kappa shape index (κ2) is 11.9. The van der Waals surface area contributed by atoms with E-state index in [1.54, 1.807) is 6.26 Å². The first kappa shape index (κ1) is 22.7. The smallest absolute Gasteiger partial charge is 0.191 e. The van der Waals surface area contributed by atoms with Gasteiger partial charge in [0.25, 0.3) is 0 Å². The van der Waals surface area contributed by atoms with Crippen LogP contribution in [0.4, 0.5) is 5.69 Å². The summed E-state index contributed by atoms with van der Waals surface area (Å²) in [5.74, 6) is 1.87. The molecule has 2 fully saturated rings. The van der Waals surface area contributed by atoms with E-state index in [9.17, 15) is 0 Å². The third-order valence-corrected chi connectivity index (χ3v) is 6.26. The highest BCUT2D eigenvalue weighted by atomic mass is 16.5. The number of anilines is 1. The van der Waals surface area contributed by atoms with Crippen molar-refractivity contribution in [3.8, 4) is 0 Å². The number of aliphatic imine (C=N–C) groups is 1. The van der Waals surface area contributed by atoms with Crippen molar-refractivity contribution in [3.05, 3.63) is 54.0 Å². The molecule has 3 heterocycles. The fraction of sp³-hybridized carbons (Fsp3) is 0.560. The Morgan fingerprint density at radius 2 is 1.81 bits per heavy atom. The number of furan rings is 1. The first-order valence-corrected chi connectivity index (χ1v) is 12.1. The number of hydrogen-bond acceptors (Lipinski definition) is 5. The number of para-hydroxylation sites is 1. The van der Waals surface area contributed by atoms with Gasteiger partial charge >= 0.3 is 0 Å². The Hall–Kier alpha value is -2.51. The maximum Gasteiger partial charge on any atom is 0.191 e.